The van der Waals surface area contributed by atoms with Gasteiger partial charge in [-0.3, -0.25) is 4.99 Å². The molecule has 0 saturated heterocycles. The van der Waals surface area contributed by atoms with E-state index in [0.717, 1.165) is 17.0 Å². The molecule has 8 nitrogen and oxygen atoms in total. The highest BCUT2D eigenvalue weighted by Gasteiger charge is 2.13. The number of hydrogen-bond donors (Lipinski definition) is 3. The van der Waals surface area contributed by atoms with E-state index in [1.54, 1.807) is 36.6 Å². The maximum absolute atomic E-state index is 12.3. The lowest BCUT2D eigenvalue weighted by Gasteiger charge is -2.12. The molecule has 0 aliphatic heterocycles. The number of nitrogens with zero attached hydrogens (tertiary/aromatic N) is 2. The molecule has 3 N–H and O–H groups in total. The first kappa shape index (κ1) is 25.8. The number of aliphatic imine (C=N–C) groups is 1. The predicted molar refractivity (Wildman–Crippen MR) is 128 cm³/mol. The molecular weight excluding hydrogens is 525 g/mol. The molecule has 29 heavy (non-hydrogen) atoms. The summed E-state index contributed by atoms with van der Waals surface area (Å²) in [6, 6.07) is 6.81. The number of rotatable bonds is 10. The van der Waals surface area contributed by atoms with E-state index in [4.69, 9.17) is 4.74 Å². The van der Waals surface area contributed by atoms with Crippen LogP contribution in [0.5, 0.6) is 0 Å². The van der Waals surface area contributed by atoms with Gasteiger partial charge in [0.15, 0.2) is 5.96 Å². The van der Waals surface area contributed by atoms with Gasteiger partial charge < -0.3 is 15.4 Å². The molecule has 0 fully saturated rings. The standard InChI is InChI=1S/C18H27N5O3S2.HI/c1-14-12-21-17(27-14)7-8-20-18(19-2)22-13-15-5-4-6-16(11-15)28(24,25)23-9-10-26-3;/h4-6,11-12,23H,7-10,13H2,1-3H3,(H2,19,20,22);1H. The number of thiazole rings is 1. The second-order valence-electron chi connectivity index (χ2n) is 6.01. The summed E-state index contributed by atoms with van der Waals surface area (Å²) in [5.41, 5.74) is 0.841. The van der Waals surface area contributed by atoms with Crippen molar-refractivity contribution in [2.75, 3.05) is 33.9 Å². The van der Waals surface area contributed by atoms with Crippen LogP contribution in [0.25, 0.3) is 0 Å². The Kier molecular flexibility index (Phi) is 11.6. The summed E-state index contributed by atoms with van der Waals surface area (Å²) < 4.78 is 32.0. The number of aryl methyl sites for hydroxylation is 1. The minimum Gasteiger partial charge on any atom is -0.383 e. The van der Waals surface area contributed by atoms with Gasteiger partial charge in [0.1, 0.15) is 0 Å². The number of aromatic nitrogens is 1. The van der Waals surface area contributed by atoms with Gasteiger partial charge in [-0.2, -0.15) is 0 Å². The Morgan fingerprint density at radius 2 is 2.07 bits per heavy atom. The maximum Gasteiger partial charge on any atom is 0.240 e. The monoisotopic (exact) mass is 553 g/mol. The van der Waals surface area contributed by atoms with Gasteiger partial charge in [0.2, 0.25) is 10.0 Å². The van der Waals surface area contributed by atoms with Crippen molar-refractivity contribution < 1.29 is 13.2 Å². The highest BCUT2D eigenvalue weighted by molar-refractivity contribution is 14.0. The molecule has 162 valence electrons. The van der Waals surface area contributed by atoms with Crippen molar-refractivity contribution in [1.29, 1.82) is 0 Å². The molecule has 1 aromatic heterocycles. The second kappa shape index (κ2) is 13.1. The number of benzene rings is 1. The van der Waals surface area contributed by atoms with Gasteiger partial charge in [0, 0.05) is 51.3 Å². The largest absolute Gasteiger partial charge is 0.383 e. The van der Waals surface area contributed by atoms with Gasteiger partial charge >= 0.3 is 0 Å². The van der Waals surface area contributed by atoms with Crippen molar-refractivity contribution in [3.8, 4) is 0 Å². The van der Waals surface area contributed by atoms with E-state index in [1.807, 2.05) is 19.2 Å². The highest BCUT2D eigenvalue weighted by Crippen LogP contribution is 2.12. The Bertz CT molecular complexity index is 887. The van der Waals surface area contributed by atoms with Crippen LogP contribution in [-0.2, 0) is 27.7 Å². The van der Waals surface area contributed by atoms with Crippen molar-refractivity contribution in [3.05, 3.63) is 45.9 Å². The number of guanidine groups is 1. The van der Waals surface area contributed by atoms with Gasteiger partial charge in [-0.25, -0.2) is 18.1 Å². The third-order valence-electron chi connectivity index (χ3n) is 3.79. The number of methoxy groups -OCH3 is 1. The van der Waals surface area contributed by atoms with E-state index < -0.39 is 10.0 Å². The van der Waals surface area contributed by atoms with Crippen LogP contribution in [0, 0.1) is 6.92 Å². The van der Waals surface area contributed by atoms with E-state index >= 15 is 0 Å². The molecule has 0 atom stereocenters. The summed E-state index contributed by atoms with van der Waals surface area (Å²) >= 11 is 1.69. The predicted octanol–water partition coefficient (Wildman–Crippen LogP) is 1.90. The van der Waals surface area contributed by atoms with Gasteiger partial charge in [-0.15, -0.1) is 35.3 Å². The number of sulfonamides is 1. The third kappa shape index (κ3) is 8.95. The topological polar surface area (TPSA) is 105 Å². The fraction of sp³-hybridized carbons (Fsp3) is 0.444. The molecular formula is C18H28IN5O3S2. The van der Waals surface area contributed by atoms with E-state index in [0.29, 0.717) is 25.7 Å². The smallest absolute Gasteiger partial charge is 0.240 e. The van der Waals surface area contributed by atoms with Crippen LogP contribution in [0.15, 0.2) is 40.4 Å². The summed E-state index contributed by atoms with van der Waals surface area (Å²) in [5, 5.41) is 7.52. The minimum absolute atomic E-state index is 0. The summed E-state index contributed by atoms with van der Waals surface area (Å²) in [7, 11) is -0.326. The third-order valence-corrected chi connectivity index (χ3v) is 6.22. The zero-order chi connectivity index (χ0) is 20.4. The highest BCUT2D eigenvalue weighted by atomic mass is 127. The first-order valence-electron chi connectivity index (χ1n) is 8.88. The normalized spacial score (nSPS) is 11.8. The Morgan fingerprint density at radius 3 is 2.72 bits per heavy atom. The summed E-state index contributed by atoms with van der Waals surface area (Å²) in [6.07, 6.45) is 2.69. The molecule has 2 rings (SSSR count). The fourth-order valence-electron chi connectivity index (χ4n) is 2.40. The quantitative estimate of drug-likeness (QED) is 0.180. The molecule has 0 amide bonds. The average Bonchev–Trinajstić information content (AvgIpc) is 3.10. The van der Waals surface area contributed by atoms with E-state index in [2.05, 4.69) is 25.3 Å². The zero-order valence-electron chi connectivity index (χ0n) is 16.8. The molecule has 1 heterocycles. The number of halogens is 1. The van der Waals surface area contributed by atoms with Crippen LogP contribution in [0.2, 0.25) is 0 Å². The SMILES string of the molecule is CN=C(NCCc1ncc(C)s1)NCc1cccc(S(=O)(=O)NCCOC)c1.I. The van der Waals surface area contributed by atoms with Gasteiger partial charge in [0.05, 0.1) is 16.5 Å². The van der Waals surface area contributed by atoms with Crippen molar-refractivity contribution in [2.45, 2.75) is 24.8 Å². The van der Waals surface area contributed by atoms with Crippen LogP contribution in [0.4, 0.5) is 0 Å². The Morgan fingerprint density at radius 1 is 1.28 bits per heavy atom. The molecule has 0 spiro atoms. The van der Waals surface area contributed by atoms with Crippen molar-refractivity contribution in [3.63, 3.8) is 0 Å². The lowest BCUT2D eigenvalue weighted by Crippen LogP contribution is -2.37. The summed E-state index contributed by atoms with van der Waals surface area (Å²) in [4.78, 5) is 9.96. The van der Waals surface area contributed by atoms with Crippen LogP contribution < -0.4 is 15.4 Å². The Labute approximate surface area is 193 Å². The van der Waals surface area contributed by atoms with Gasteiger partial charge in [-0.1, -0.05) is 12.1 Å². The van der Waals surface area contributed by atoms with Crippen molar-refractivity contribution in [1.82, 2.24) is 20.3 Å². The molecule has 0 radical (unpaired) electrons. The summed E-state index contributed by atoms with van der Waals surface area (Å²) in [5.74, 6) is 0.653. The Balaban J connectivity index is 0.00000420. The maximum atomic E-state index is 12.3. The summed E-state index contributed by atoms with van der Waals surface area (Å²) in [6.45, 7) is 3.76. The van der Waals surface area contributed by atoms with Gasteiger partial charge in [-0.05, 0) is 24.6 Å². The number of nitrogens with one attached hydrogen (secondary N) is 3. The van der Waals surface area contributed by atoms with Crippen molar-refractivity contribution >= 4 is 51.3 Å². The molecule has 1 aromatic carbocycles. The van der Waals surface area contributed by atoms with Crippen LogP contribution >= 0.6 is 35.3 Å². The molecule has 0 saturated carbocycles. The molecule has 11 heteroatoms. The molecule has 0 bridgehead atoms. The number of ether oxygens (including phenoxy) is 1. The van der Waals surface area contributed by atoms with E-state index in [9.17, 15) is 8.42 Å². The van der Waals surface area contributed by atoms with Crippen molar-refractivity contribution in [2.24, 2.45) is 4.99 Å². The minimum atomic E-state index is -3.55. The lowest BCUT2D eigenvalue weighted by atomic mass is 10.2. The molecule has 0 aliphatic carbocycles. The number of hydrogen-bond acceptors (Lipinski definition) is 6. The first-order chi connectivity index (χ1) is 13.4. The van der Waals surface area contributed by atoms with E-state index in [1.165, 1.54) is 12.0 Å². The lowest BCUT2D eigenvalue weighted by molar-refractivity contribution is 0.204. The zero-order valence-corrected chi connectivity index (χ0v) is 20.7. The van der Waals surface area contributed by atoms with Gasteiger partial charge in [0.25, 0.3) is 0 Å². The first-order valence-corrected chi connectivity index (χ1v) is 11.2. The fourth-order valence-corrected chi connectivity index (χ4v) is 4.26. The van der Waals surface area contributed by atoms with Crippen LogP contribution in [-0.4, -0.2) is 53.2 Å². The molecule has 2 aromatic rings. The van der Waals surface area contributed by atoms with Crippen LogP contribution in [0.3, 0.4) is 0 Å². The second-order valence-corrected chi connectivity index (χ2v) is 9.09. The van der Waals surface area contributed by atoms with E-state index in [-0.39, 0.29) is 35.4 Å². The van der Waals surface area contributed by atoms with Crippen LogP contribution in [0.1, 0.15) is 15.4 Å². The Hall–Kier alpha value is -1.28. The molecule has 0 unspecified atom stereocenters. The molecule has 0 aliphatic rings. The average molecular weight is 553 g/mol.